The van der Waals surface area contributed by atoms with E-state index >= 15 is 0 Å². The molecule has 0 spiro atoms. The highest BCUT2D eigenvalue weighted by atomic mass is 32.2. The molecule has 0 fully saturated rings. The standard InChI is InChI=1S/C20H15F4N3O4S2/c1-11-5-6-13(8-15(11)21)26-17(28)10-32-19-25-9-16(18(29)27-19)33(30,31)14-4-2-3-12(7-14)20(22,23)24/h2-9H,10H2,1H3,(H,26,28)(H,25,27,29). The van der Waals surface area contributed by atoms with Crippen LogP contribution in [0, 0.1) is 12.7 Å². The Balaban J connectivity index is 1.74. The summed E-state index contributed by atoms with van der Waals surface area (Å²) in [7, 11) is -4.58. The van der Waals surface area contributed by atoms with E-state index in [9.17, 15) is 35.6 Å². The summed E-state index contributed by atoms with van der Waals surface area (Å²) in [6.45, 7) is 1.57. The van der Waals surface area contributed by atoms with Crippen molar-refractivity contribution in [3.63, 3.8) is 0 Å². The van der Waals surface area contributed by atoms with Gasteiger partial charge in [-0.3, -0.25) is 9.59 Å². The molecule has 7 nitrogen and oxygen atoms in total. The van der Waals surface area contributed by atoms with E-state index in [1.54, 1.807) is 6.92 Å². The van der Waals surface area contributed by atoms with Gasteiger partial charge in [-0.1, -0.05) is 23.9 Å². The summed E-state index contributed by atoms with van der Waals surface area (Å²) >= 11 is 0.774. The number of alkyl halides is 3. The zero-order valence-corrected chi connectivity index (χ0v) is 18.4. The molecular weight excluding hydrogens is 486 g/mol. The van der Waals surface area contributed by atoms with Gasteiger partial charge in [0.25, 0.3) is 5.56 Å². The number of nitrogens with one attached hydrogen (secondary N) is 2. The Kier molecular flexibility index (Phi) is 6.93. The Morgan fingerprint density at radius 3 is 2.55 bits per heavy atom. The zero-order chi connectivity index (χ0) is 24.4. The Bertz CT molecular complexity index is 1370. The molecule has 13 heteroatoms. The summed E-state index contributed by atoms with van der Waals surface area (Å²) in [6, 6.07) is 7.12. The van der Waals surface area contributed by atoms with E-state index < -0.39 is 48.7 Å². The van der Waals surface area contributed by atoms with Crippen LogP contribution >= 0.6 is 11.8 Å². The van der Waals surface area contributed by atoms with Gasteiger partial charge in [-0.15, -0.1) is 0 Å². The number of carbonyl (C=O) groups is 1. The number of amides is 1. The molecule has 2 N–H and O–H groups in total. The first-order chi connectivity index (χ1) is 15.4. The molecule has 0 bridgehead atoms. The van der Waals surface area contributed by atoms with Gasteiger partial charge in [0, 0.05) is 5.69 Å². The average Bonchev–Trinajstić information content (AvgIpc) is 2.74. The van der Waals surface area contributed by atoms with Crippen LogP contribution in [-0.4, -0.2) is 30.0 Å². The highest BCUT2D eigenvalue weighted by Gasteiger charge is 2.32. The summed E-state index contributed by atoms with van der Waals surface area (Å²) in [5, 5.41) is 2.37. The Hall–Kier alpha value is -3.19. The summed E-state index contributed by atoms with van der Waals surface area (Å²) in [6.07, 6.45) is -4.05. The number of benzene rings is 2. The number of hydrogen-bond donors (Lipinski definition) is 2. The normalized spacial score (nSPS) is 11.9. The second kappa shape index (κ2) is 9.35. The second-order valence-electron chi connectivity index (χ2n) is 6.71. The van der Waals surface area contributed by atoms with E-state index in [2.05, 4.69) is 15.3 Å². The number of aromatic nitrogens is 2. The van der Waals surface area contributed by atoms with Crippen molar-refractivity contribution in [2.45, 2.75) is 28.0 Å². The van der Waals surface area contributed by atoms with Crippen LogP contribution < -0.4 is 10.9 Å². The van der Waals surface area contributed by atoms with Gasteiger partial charge >= 0.3 is 6.18 Å². The van der Waals surface area contributed by atoms with Crippen LogP contribution in [0.1, 0.15) is 11.1 Å². The monoisotopic (exact) mass is 501 g/mol. The summed E-state index contributed by atoms with van der Waals surface area (Å²) in [4.78, 5) is 28.7. The molecule has 0 unspecified atom stereocenters. The van der Waals surface area contributed by atoms with Crippen LogP contribution in [0.15, 0.2) is 68.4 Å². The van der Waals surface area contributed by atoms with E-state index in [-0.39, 0.29) is 16.6 Å². The highest BCUT2D eigenvalue weighted by molar-refractivity contribution is 7.99. The van der Waals surface area contributed by atoms with Crippen LogP contribution in [0.5, 0.6) is 0 Å². The minimum absolute atomic E-state index is 0.0896. The summed E-state index contributed by atoms with van der Waals surface area (Å²) in [5.74, 6) is -1.27. The molecule has 1 amide bonds. The molecule has 0 aliphatic rings. The molecular formula is C20H15F4N3O4S2. The third-order valence-corrected chi connectivity index (χ3v) is 6.93. The number of nitrogens with zero attached hydrogens (tertiary/aromatic N) is 1. The lowest BCUT2D eigenvalue weighted by atomic mass is 10.2. The number of thioether (sulfide) groups is 1. The van der Waals surface area contributed by atoms with Crippen molar-refractivity contribution < 1.29 is 30.8 Å². The molecule has 1 aromatic heterocycles. The van der Waals surface area contributed by atoms with E-state index in [1.165, 1.54) is 12.1 Å². The molecule has 0 aliphatic carbocycles. The smallest absolute Gasteiger partial charge is 0.325 e. The van der Waals surface area contributed by atoms with E-state index in [1.807, 2.05) is 0 Å². The number of aryl methyl sites for hydroxylation is 1. The minimum atomic E-state index is -4.76. The molecule has 0 saturated carbocycles. The zero-order valence-electron chi connectivity index (χ0n) is 16.7. The molecule has 0 saturated heterocycles. The third-order valence-electron chi connectivity index (χ3n) is 4.30. The fourth-order valence-corrected chi connectivity index (χ4v) is 4.51. The maximum atomic E-state index is 13.6. The molecule has 0 radical (unpaired) electrons. The number of halogens is 4. The maximum Gasteiger partial charge on any atom is 0.416 e. The number of hydrogen-bond acceptors (Lipinski definition) is 6. The number of H-pyrrole nitrogens is 1. The van der Waals surface area contributed by atoms with Gasteiger partial charge in [0.1, 0.15) is 5.82 Å². The number of aromatic amines is 1. The van der Waals surface area contributed by atoms with Gasteiger partial charge in [-0.25, -0.2) is 17.8 Å². The van der Waals surface area contributed by atoms with Crippen LogP contribution in [0.25, 0.3) is 0 Å². The fraction of sp³-hybridized carbons (Fsp3) is 0.150. The number of rotatable bonds is 6. The average molecular weight is 501 g/mol. The van der Waals surface area contributed by atoms with Gasteiger partial charge in [0.05, 0.1) is 22.4 Å². The molecule has 33 heavy (non-hydrogen) atoms. The molecule has 0 aliphatic heterocycles. The maximum absolute atomic E-state index is 13.6. The SMILES string of the molecule is Cc1ccc(NC(=O)CSc2ncc(S(=O)(=O)c3cccc(C(F)(F)F)c3)c(=O)[nH]2)cc1F. The first-order valence-corrected chi connectivity index (χ1v) is 11.6. The third kappa shape index (κ3) is 5.79. The topological polar surface area (TPSA) is 109 Å². The number of sulfone groups is 1. The molecule has 2 aromatic carbocycles. The van der Waals surface area contributed by atoms with Gasteiger partial charge in [0.15, 0.2) is 10.1 Å². The van der Waals surface area contributed by atoms with Crippen molar-refractivity contribution in [3.8, 4) is 0 Å². The predicted molar refractivity (Wildman–Crippen MR) is 112 cm³/mol. The fourth-order valence-electron chi connectivity index (χ4n) is 2.60. The van der Waals surface area contributed by atoms with Crippen molar-refractivity contribution in [3.05, 3.63) is 76.0 Å². The van der Waals surface area contributed by atoms with Crippen molar-refractivity contribution in [1.29, 1.82) is 0 Å². The molecule has 174 valence electrons. The number of carbonyl (C=O) groups excluding carboxylic acids is 1. The largest absolute Gasteiger partial charge is 0.416 e. The summed E-state index contributed by atoms with van der Waals surface area (Å²) in [5.41, 5.74) is -1.65. The van der Waals surface area contributed by atoms with Gasteiger partial charge in [0.2, 0.25) is 15.7 Å². The van der Waals surface area contributed by atoms with Crippen LogP contribution in [-0.2, 0) is 20.8 Å². The van der Waals surface area contributed by atoms with E-state index in [0.29, 0.717) is 23.9 Å². The van der Waals surface area contributed by atoms with Gasteiger partial charge in [-0.05, 0) is 42.8 Å². The Morgan fingerprint density at radius 1 is 1.18 bits per heavy atom. The lowest BCUT2D eigenvalue weighted by Gasteiger charge is -2.09. The minimum Gasteiger partial charge on any atom is -0.325 e. The molecule has 3 rings (SSSR count). The Labute approximate surface area is 189 Å². The van der Waals surface area contributed by atoms with E-state index in [0.717, 1.165) is 30.0 Å². The van der Waals surface area contributed by atoms with Crippen molar-refractivity contribution in [1.82, 2.24) is 9.97 Å². The van der Waals surface area contributed by atoms with Crippen molar-refractivity contribution in [2.75, 3.05) is 11.1 Å². The van der Waals surface area contributed by atoms with Crippen molar-refractivity contribution >= 4 is 33.2 Å². The quantitative estimate of drug-likeness (QED) is 0.302. The molecule has 1 heterocycles. The highest BCUT2D eigenvalue weighted by Crippen LogP contribution is 2.31. The molecule has 0 atom stereocenters. The summed E-state index contributed by atoms with van der Waals surface area (Å²) < 4.78 is 77.5. The Morgan fingerprint density at radius 2 is 1.91 bits per heavy atom. The number of anilines is 1. The van der Waals surface area contributed by atoms with Crippen molar-refractivity contribution in [2.24, 2.45) is 0 Å². The van der Waals surface area contributed by atoms with E-state index in [4.69, 9.17) is 0 Å². The van der Waals surface area contributed by atoms with Crippen LogP contribution in [0.4, 0.5) is 23.2 Å². The second-order valence-corrected chi connectivity index (χ2v) is 9.59. The van der Waals surface area contributed by atoms with Crippen LogP contribution in [0.3, 0.4) is 0 Å². The van der Waals surface area contributed by atoms with Gasteiger partial charge < -0.3 is 10.3 Å². The molecule has 3 aromatic rings. The lowest BCUT2D eigenvalue weighted by Crippen LogP contribution is -2.20. The lowest BCUT2D eigenvalue weighted by molar-refractivity contribution is -0.137. The predicted octanol–water partition coefficient (Wildman–Crippen LogP) is 3.80. The van der Waals surface area contributed by atoms with Crippen LogP contribution in [0.2, 0.25) is 0 Å². The first-order valence-electron chi connectivity index (χ1n) is 9.08. The first kappa shape index (κ1) is 24.5. The van der Waals surface area contributed by atoms with Gasteiger partial charge in [-0.2, -0.15) is 13.2 Å².